The fourth-order valence-electron chi connectivity index (χ4n) is 3.00. The molecule has 8 nitrogen and oxygen atoms in total. The van der Waals surface area contributed by atoms with E-state index in [2.05, 4.69) is 32.4 Å². The molecule has 0 radical (unpaired) electrons. The molecule has 0 saturated carbocycles. The molecule has 1 saturated heterocycles. The molecular weight excluding hydrogens is 346 g/mol. The van der Waals surface area contributed by atoms with Gasteiger partial charge >= 0.3 is 6.03 Å². The molecule has 0 unspecified atom stereocenters. The third-order valence-corrected chi connectivity index (χ3v) is 4.66. The van der Waals surface area contributed by atoms with Crippen LogP contribution in [0.5, 0.6) is 11.5 Å². The van der Waals surface area contributed by atoms with Crippen LogP contribution in [0.15, 0.2) is 30.6 Å². The maximum Gasteiger partial charge on any atom is 0.324 e. The second-order valence-corrected chi connectivity index (χ2v) is 6.58. The number of piperidine rings is 1. The van der Waals surface area contributed by atoms with Crippen molar-refractivity contribution in [1.29, 1.82) is 0 Å². The summed E-state index contributed by atoms with van der Waals surface area (Å²) < 4.78 is 10.5. The van der Waals surface area contributed by atoms with Gasteiger partial charge in [0.15, 0.2) is 0 Å². The molecule has 3 rings (SSSR count). The lowest BCUT2D eigenvalue weighted by Gasteiger charge is -2.31. The summed E-state index contributed by atoms with van der Waals surface area (Å²) in [6.45, 7) is 4.20. The van der Waals surface area contributed by atoms with Crippen LogP contribution >= 0.6 is 0 Å². The monoisotopic (exact) mass is 371 g/mol. The molecule has 1 aromatic heterocycles. The van der Waals surface area contributed by atoms with Crippen LogP contribution < -0.4 is 25.0 Å². The van der Waals surface area contributed by atoms with Gasteiger partial charge in [0, 0.05) is 25.2 Å². The first-order chi connectivity index (χ1) is 13.1. The highest BCUT2D eigenvalue weighted by molar-refractivity contribution is 6.00. The molecule has 0 atom stereocenters. The molecule has 0 spiro atoms. The number of anilines is 3. The summed E-state index contributed by atoms with van der Waals surface area (Å²) >= 11 is 0. The highest BCUT2D eigenvalue weighted by Gasteiger charge is 2.18. The fraction of sp³-hybridized carbons (Fsp3) is 0.421. The number of methoxy groups -OCH3 is 2. The van der Waals surface area contributed by atoms with Crippen LogP contribution in [0.2, 0.25) is 0 Å². The zero-order valence-corrected chi connectivity index (χ0v) is 15.9. The number of nitrogens with zero attached hydrogens (tertiary/aromatic N) is 3. The topological polar surface area (TPSA) is 88.6 Å². The molecule has 1 aliphatic heterocycles. The Morgan fingerprint density at radius 2 is 1.89 bits per heavy atom. The number of carbonyl (C=O) groups is 1. The smallest absolute Gasteiger partial charge is 0.324 e. The van der Waals surface area contributed by atoms with Gasteiger partial charge in [0.25, 0.3) is 0 Å². The van der Waals surface area contributed by atoms with E-state index in [0.29, 0.717) is 23.0 Å². The highest BCUT2D eigenvalue weighted by atomic mass is 16.5. The van der Waals surface area contributed by atoms with Crippen LogP contribution in [-0.4, -0.2) is 43.3 Å². The SMILES string of the molecule is COc1ccc(NC(=O)Nc2cc(N3CCC(C)CC3)ncn2)c(OC)c1. The first kappa shape index (κ1) is 18.8. The van der Waals surface area contributed by atoms with Crippen molar-refractivity contribution < 1.29 is 14.3 Å². The zero-order valence-electron chi connectivity index (χ0n) is 15.9. The van der Waals surface area contributed by atoms with Gasteiger partial charge < -0.3 is 19.7 Å². The number of aromatic nitrogens is 2. The first-order valence-electron chi connectivity index (χ1n) is 8.96. The Kier molecular flexibility index (Phi) is 5.95. The van der Waals surface area contributed by atoms with Crippen molar-refractivity contribution in [3.63, 3.8) is 0 Å². The molecular formula is C19H25N5O3. The Morgan fingerprint density at radius 1 is 1.11 bits per heavy atom. The van der Waals surface area contributed by atoms with Crippen LogP contribution in [0.25, 0.3) is 0 Å². The molecule has 8 heteroatoms. The predicted octanol–water partition coefficient (Wildman–Crippen LogP) is 3.37. The van der Waals surface area contributed by atoms with E-state index >= 15 is 0 Å². The number of benzene rings is 1. The molecule has 1 aromatic carbocycles. The number of carbonyl (C=O) groups excluding carboxylic acids is 1. The number of amides is 2. The zero-order chi connectivity index (χ0) is 19.2. The summed E-state index contributed by atoms with van der Waals surface area (Å²) in [5.41, 5.74) is 0.537. The molecule has 2 aromatic rings. The van der Waals surface area contributed by atoms with E-state index in [4.69, 9.17) is 9.47 Å². The Hall–Kier alpha value is -3.03. The number of ether oxygens (including phenoxy) is 2. The van der Waals surface area contributed by atoms with E-state index in [0.717, 1.165) is 37.7 Å². The Morgan fingerprint density at radius 3 is 2.59 bits per heavy atom. The Bertz CT molecular complexity index is 791. The first-order valence-corrected chi connectivity index (χ1v) is 8.96. The average molecular weight is 371 g/mol. The maximum atomic E-state index is 12.4. The van der Waals surface area contributed by atoms with E-state index in [1.54, 1.807) is 31.4 Å². The van der Waals surface area contributed by atoms with Gasteiger partial charge in [-0.15, -0.1) is 0 Å². The van der Waals surface area contributed by atoms with Crippen LogP contribution in [0.1, 0.15) is 19.8 Å². The number of rotatable bonds is 5. The van der Waals surface area contributed by atoms with Crippen molar-refractivity contribution in [2.45, 2.75) is 19.8 Å². The summed E-state index contributed by atoms with van der Waals surface area (Å²) in [6.07, 6.45) is 3.76. The van der Waals surface area contributed by atoms with Crippen molar-refractivity contribution in [2.75, 3.05) is 42.8 Å². The molecule has 2 amide bonds. The summed E-state index contributed by atoms with van der Waals surface area (Å²) in [4.78, 5) is 23.0. The van der Waals surface area contributed by atoms with Crippen molar-refractivity contribution in [3.05, 3.63) is 30.6 Å². The predicted molar refractivity (Wildman–Crippen MR) is 105 cm³/mol. The minimum Gasteiger partial charge on any atom is -0.497 e. The van der Waals surface area contributed by atoms with Gasteiger partial charge in [0.2, 0.25) is 0 Å². The standard InChI is InChI=1S/C19H25N5O3/c1-13-6-8-24(9-7-13)18-11-17(20-12-21-18)23-19(25)22-15-5-4-14(26-2)10-16(15)27-3/h4-5,10-13H,6-9H2,1-3H3,(H2,20,21,22,23,25). The van der Waals surface area contributed by atoms with E-state index in [1.807, 2.05) is 0 Å². The van der Waals surface area contributed by atoms with Crippen molar-refractivity contribution >= 4 is 23.4 Å². The van der Waals surface area contributed by atoms with Crippen molar-refractivity contribution in [3.8, 4) is 11.5 Å². The fourth-order valence-corrected chi connectivity index (χ4v) is 3.00. The average Bonchev–Trinajstić information content (AvgIpc) is 2.69. The van der Waals surface area contributed by atoms with Gasteiger partial charge in [-0.3, -0.25) is 5.32 Å². The minimum absolute atomic E-state index is 0.407. The van der Waals surface area contributed by atoms with E-state index in [9.17, 15) is 4.79 Å². The molecule has 2 N–H and O–H groups in total. The van der Waals surface area contributed by atoms with Gasteiger partial charge in [-0.2, -0.15) is 0 Å². The van der Waals surface area contributed by atoms with E-state index in [1.165, 1.54) is 13.4 Å². The summed E-state index contributed by atoms with van der Waals surface area (Å²) in [6, 6.07) is 6.56. The van der Waals surface area contributed by atoms with Crippen molar-refractivity contribution in [2.24, 2.45) is 5.92 Å². The second kappa shape index (κ2) is 8.57. The molecule has 144 valence electrons. The Labute approximate surface area is 158 Å². The summed E-state index contributed by atoms with van der Waals surface area (Å²) in [7, 11) is 3.11. The molecule has 0 aliphatic carbocycles. The molecule has 1 aliphatic rings. The van der Waals surface area contributed by atoms with Gasteiger partial charge in [0.05, 0.1) is 19.9 Å². The van der Waals surface area contributed by atoms with E-state index < -0.39 is 6.03 Å². The highest BCUT2D eigenvalue weighted by Crippen LogP contribution is 2.29. The third-order valence-electron chi connectivity index (χ3n) is 4.66. The number of hydrogen-bond donors (Lipinski definition) is 2. The van der Waals surface area contributed by atoms with Crippen LogP contribution in [0.3, 0.4) is 0 Å². The number of nitrogens with one attached hydrogen (secondary N) is 2. The largest absolute Gasteiger partial charge is 0.497 e. The third kappa shape index (κ3) is 4.78. The van der Waals surface area contributed by atoms with Gasteiger partial charge in [-0.05, 0) is 30.9 Å². The quantitative estimate of drug-likeness (QED) is 0.838. The molecule has 27 heavy (non-hydrogen) atoms. The van der Waals surface area contributed by atoms with Crippen LogP contribution in [0, 0.1) is 5.92 Å². The van der Waals surface area contributed by atoms with Gasteiger partial charge in [-0.1, -0.05) is 6.92 Å². The minimum atomic E-state index is -0.407. The lowest BCUT2D eigenvalue weighted by Crippen LogP contribution is -2.33. The van der Waals surface area contributed by atoms with Crippen LogP contribution in [0.4, 0.5) is 22.1 Å². The number of urea groups is 1. The van der Waals surface area contributed by atoms with Crippen molar-refractivity contribution in [1.82, 2.24) is 9.97 Å². The van der Waals surface area contributed by atoms with Gasteiger partial charge in [-0.25, -0.2) is 14.8 Å². The second-order valence-electron chi connectivity index (χ2n) is 6.58. The molecule has 0 bridgehead atoms. The van der Waals surface area contributed by atoms with Crippen LogP contribution in [-0.2, 0) is 0 Å². The molecule has 1 fully saturated rings. The summed E-state index contributed by atoms with van der Waals surface area (Å²) in [5, 5.41) is 5.51. The normalized spacial score (nSPS) is 14.6. The number of hydrogen-bond acceptors (Lipinski definition) is 6. The lowest BCUT2D eigenvalue weighted by molar-refractivity contribution is 0.262. The summed E-state index contributed by atoms with van der Waals surface area (Å²) in [5.74, 6) is 3.17. The van der Waals surface area contributed by atoms with Gasteiger partial charge in [0.1, 0.15) is 29.5 Å². The lowest BCUT2D eigenvalue weighted by atomic mass is 9.99. The Balaban J connectivity index is 1.65. The maximum absolute atomic E-state index is 12.4. The van der Waals surface area contributed by atoms with E-state index in [-0.39, 0.29) is 0 Å². The molecule has 2 heterocycles.